The normalized spacial score (nSPS) is 14.4. The summed E-state index contributed by atoms with van der Waals surface area (Å²) in [6.07, 6.45) is 0. The number of hydrogen-bond acceptors (Lipinski definition) is 24. The van der Waals surface area contributed by atoms with Gasteiger partial charge in [0, 0.05) is 92.4 Å². The predicted molar refractivity (Wildman–Crippen MR) is 461 cm³/mol. The van der Waals surface area contributed by atoms with Crippen molar-refractivity contribution in [1.29, 1.82) is 0 Å². The molecule has 1 aliphatic carbocycles. The van der Waals surface area contributed by atoms with E-state index < -0.39 is 166 Å². The number of benzene rings is 8. The number of ether oxygens (including phenoxy) is 12. The maximum Gasteiger partial charge on any atom is 0.313 e. The Bertz CT molecular complexity index is 4480. The van der Waals surface area contributed by atoms with Crippen molar-refractivity contribution < 1.29 is 114 Å². The lowest BCUT2D eigenvalue weighted by Crippen LogP contribution is -2.23. The molecular formula is C100H112O24. The van der Waals surface area contributed by atoms with Gasteiger partial charge in [-0.3, -0.25) is 57.5 Å². The fourth-order valence-electron chi connectivity index (χ4n) is 12.7. The van der Waals surface area contributed by atoms with Crippen molar-refractivity contribution in [3.05, 3.63) is 212 Å². The molecule has 0 aromatic heterocycles. The summed E-state index contributed by atoms with van der Waals surface area (Å²) >= 11 is 0. The summed E-state index contributed by atoms with van der Waals surface area (Å²) in [5.41, 5.74) is 1.29. The van der Waals surface area contributed by atoms with Gasteiger partial charge in [-0.25, -0.2) is 0 Å². The molecule has 0 radical (unpaired) electrons. The minimum atomic E-state index is -1.50. The van der Waals surface area contributed by atoms with Crippen molar-refractivity contribution in [1.82, 2.24) is 0 Å². The van der Waals surface area contributed by atoms with Crippen LogP contribution >= 0.6 is 0 Å². The van der Waals surface area contributed by atoms with E-state index in [1.54, 1.807) is 239 Å². The first kappa shape index (κ1) is 95.2. The molecule has 0 amide bonds. The van der Waals surface area contributed by atoms with Gasteiger partial charge >= 0.3 is 71.6 Å². The first-order chi connectivity index (χ1) is 58.3. The molecule has 0 fully saturated rings. The molecule has 0 aliphatic heterocycles. The molecule has 0 saturated carbocycles. The van der Waals surface area contributed by atoms with Crippen molar-refractivity contribution in [2.45, 2.75) is 190 Å². The first-order valence-electron chi connectivity index (χ1n) is 42.0. The zero-order chi connectivity index (χ0) is 91.5. The molecule has 8 bridgehead atoms. The molecule has 8 aromatic carbocycles. The minimum Gasteiger partial charge on any atom is -0.426 e. The average molecular weight is 1700 g/mol. The molecule has 8 aromatic rings. The van der Waals surface area contributed by atoms with Crippen LogP contribution in [0.15, 0.2) is 146 Å². The number of carbonyl (C=O) groups excluding carboxylic acids is 12. The van der Waals surface area contributed by atoms with Crippen molar-refractivity contribution in [3.63, 3.8) is 0 Å². The highest BCUT2D eigenvalue weighted by molar-refractivity contribution is 5.85. The van der Waals surface area contributed by atoms with Crippen molar-refractivity contribution >= 4 is 71.6 Å². The first-order valence-corrected chi connectivity index (χ1v) is 42.0. The lowest BCUT2D eigenvalue weighted by atomic mass is 9.75. The third-order valence-corrected chi connectivity index (χ3v) is 20.1. The third kappa shape index (κ3) is 23.2. The molecule has 24 heteroatoms. The number of carbonyl (C=O) groups is 12. The number of hydrogen-bond donors (Lipinski definition) is 0. The Balaban J connectivity index is 1.75. The summed E-state index contributed by atoms with van der Waals surface area (Å²) in [5.74, 6) is -26.0. The van der Waals surface area contributed by atoms with Crippen LogP contribution in [-0.2, 0) is 57.5 Å². The van der Waals surface area contributed by atoms with Crippen LogP contribution in [0.2, 0.25) is 0 Å². The standard InChI is InChI=1S/C100H112O24/c1-49(2)89(101)113-65-33-25-61(26-34-65)85-69-41-71(79(119-95(107)55(13)14)45-77(69)117-93(105)53(9)10)86(62-27-35-66(36-28-62)114-90(102)50(3)4)73-43-75(83(123-99(111)59(21)22)47-81(73)121-97(109)57(17)18)88(64-31-39-68(40-32-64)116-92(104)52(7)8)76-44-74(82(122-98(110)58(19)20)48-84(76)124-100(112)60(23)24)87(63-29-37-67(38-30-63)115-91(103)51(5)6)72-42-70(85)78(118-94(106)54(11)12)46-80(72)120-96(108)56(15)16/h25-60,85-88H,1-24H3. The van der Waals surface area contributed by atoms with Gasteiger partial charge in [0.1, 0.15) is 69.0 Å². The van der Waals surface area contributed by atoms with Crippen LogP contribution < -0.4 is 56.8 Å². The van der Waals surface area contributed by atoms with Gasteiger partial charge in [-0.1, -0.05) is 215 Å². The molecule has 0 saturated heterocycles. The van der Waals surface area contributed by atoms with E-state index in [1.165, 1.54) is 72.8 Å². The monoisotopic (exact) mass is 1700 g/mol. The lowest BCUT2D eigenvalue weighted by molar-refractivity contribution is -0.139. The van der Waals surface area contributed by atoms with E-state index in [9.17, 15) is 19.2 Å². The van der Waals surface area contributed by atoms with E-state index in [1.807, 2.05) is 0 Å². The lowest BCUT2D eigenvalue weighted by Gasteiger charge is -2.32. The summed E-state index contributed by atoms with van der Waals surface area (Å²) < 4.78 is 77.4. The average Bonchev–Trinajstić information content (AvgIpc) is 0.729. The molecule has 0 heterocycles. The summed E-state index contributed by atoms with van der Waals surface area (Å²) in [6, 6.07) is 37.0. The Morgan fingerprint density at radius 2 is 0.266 bits per heavy atom. The molecule has 1 aliphatic rings. The molecular weight excluding hydrogens is 1590 g/mol. The summed E-state index contributed by atoms with van der Waals surface area (Å²) in [7, 11) is 0. The van der Waals surface area contributed by atoms with Crippen LogP contribution in [-0.4, -0.2) is 71.6 Å². The smallest absolute Gasteiger partial charge is 0.313 e. The van der Waals surface area contributed by atoms with E-state index >= 15 is 38.4 Å². The summed E-state index contributed by atoms with van der Waals surface area (Å²) in [6.45, 7) is 38.9. The zero-order valence-electron chi connectivity index (χ0n) is 74.9. The Kier molecular flexibility index (Phi) is 31.5. The van der Waals surface area contributed by atoms with Gasteiger partial charge in [-0.15, -0.1) is 0 Å². The predicted octanol–water partition coefficient (Wildman–Crippen LogP) is 19.5. The summed E-state index contributed by atoms with van der Waals surface area (Å²) in [5, 5.41) is 0. The second-order valence-corrected chi connectivity index (χ2v) is 34.6. The van der Waals surface area contributed by atoms with Gasteiger partial charge in [0.25, 0.3) is 0 Å². The molecule has 0 spiro atoms. The maximum atomic E-state index is 15.1. The van der Waals surface area contributed by atoms with Crippen LogP contribution in [0, 0.1) is 71.0 Å². The molecule has 124 heavy (non-hydrogen) atoms. The maximum absolute atomic E-state index is 15.1. The van der Waals surface area contributed by atoms with E-state index in [2.05, 4.69) is 0 Å². The Labute approximate surface area is 724 Å². The molecule has 656 valence electrons. The zero-order valence-corrected chi connectivity index (χ0v) is 74.9. The number of esters is 12. The molecule has 0 unspecified atom stereocenters. The highest BCUT2D eigenvalue weighted by Gasteiger charge is 2.41. The molecule has 24 nitrogen and oxygen atoms in total. The highest BCUT2D eigenvalue weighted by atomic mass is 16.6. The summed E-state index contributed by atoms with van der Waals surface area (Å²) in [4.78, 5) is 175. The third-order valence-electron chi connectivity index (χ3n) is 20.1. The second-order valence-electron chi connectivity index (χ2n) is 34.6. The van der Waals surface area contributed by atoms with Crippen molar-refractivity contribution in [3.8, 4) is 69.0 Å². The van der Waals surface area contributed by atoms with Crippen LogP contribution in [0.5, 0.6) is 69.0 Å². The van der Waals surface area contributed by atoms with E-state index in [0.29, 0.717) is 0 Å². The Hall–Kier alpha value is -12.6. The Morgan fingerprint density at radius 1 is 0.161 bits per heavy atom. The van der Waals surface area contributed by atoms with Crippen LogP contribution in [0.4, 0.5) is 0 Å². The van der Waals surface area contributed by atoms with Crippen molar-refractivity contribution in [2.24, 2.45) is 71.0 Å². The van der Waals surface area contributed by atoms with Gasteiger partial charge in [0.2, 0.25) is 0 Å². The molecule has 0 N–H and O–H groups in total. The Morgan fingerprint density at radius 3 is 0.371 bits per heavy atom. The fourth-order valence-corrected chi connectivity index (χ4v) is 12.7. The van der Waals surface area contributed by atoms with Gasteiger partial charge in [0.15, 0.2) is 0 Å². The van der Waals surface area contributed by atoms with Gasteiger partial charge in [-0.2, -0.15) is 0 Å². The SMILES string of the molecule is CC(C)C(=O)Oc1ccc(C2c3cc(c(OC(=O)C(C)C)cc3OC(=O)C(C)C)C(c3ccc(OC(=O)C(C)C)cc3)c3cc(c(OC(=O)C(C)C)cc3OC(=O)C(C)C)C(c3ccc(OC(=O)C(C)C)cc3)c3cc(c(OC(=O)C(C)C)cc3OC(=O)C(C)C)C(c3ccc(OC(=O)C(C)C)cc3)c3cc2c(OC(=O)C(C)C)cc3OC(=O)C(C)C)cc1. The van der Waals surface area contributed by atoms with Gasteiger partial charge in [0.05, 0.1) is 71.0 Å². The topological polar surface area (TPSA) is 316 Å². The van der Waals surface area contributed by atoms with Crippen molar-refractivity contribution in [2.75, 3.05) is 0 Å². The minimum absolute atomic E-state index is 0.0252. The quantitative estimate of drug-likeness (QED) is 0.0325. The van der Waals surface area contributed by atoms with Gasteiger partial charge < -0.3 is 56.8 Å². The van der Waals surface area contributed by atoms with E-state index in [4.69, 9.17) is 56.8 Å². The van der Waals surface area contributed by atoms with E-state index in [0.717, 1.165) is 0 Å². The van der Waals surface area contributed by atoms with Crippen LogP contribution in [0.1, 0.15) is 257 Å². The fraction of sp³-hybridized carbons (Fsp3) is 0.400. The van der Waals surface area contributed by atoms with E-state index in [-0.39, 0.29) is 136 Å². The van der Waals surface area contributed by atoms with Crippen LogP contribution in [0.25, 0.3) is 0 Å². The largest absolute Gasteiger partial charge is 0.426 e. The number of rotatable bonds is 28. The number of fused-ring (bicyclic) bond motifs is 8. The second kappa shape index (κ2) is 41.1. The van der Waals surface area contributed by atoms with Gasteiger partial charge in [-0.05, 0) is 95.1 Å². The highest BCUT2D eigenvalue weighted by Crippen LogP contribution is 2.56. The molecule has 0 atom stereocenters. The molecule has 9 rings (SSSR count). The van der Waals surface area contributed by atoms with Crippen LogP contribution in [0.3, 0.4) is 0 Å².